The quantitative estimate of drug-likeness (QED) is 0.912. The first-order valence-electron chi connectivity index (χ1n) is 5.98. The summed E-state index contributed by atoms with van der Waals surface area (Å²) in [6, 6.07) is 0. The first kappa shape index (κ1) is 13.2. The van der Waals surface area contributed by atoms with Gasteiger partial charge in [-0.1, -0.05) is 13.8 Å². The summed E-state index contributed by atoms with van der Waals surface area (Å²) in [5.41, 5.74) is 6.64. The molecular formula is C12H19N3S2. The summed E-state index contributed by atoms with van der Waals surface area (Å²) in [6.45, 7) is 5.24. The third-order valence-electron chi connectivity index (χ3n) is 3.00. The Balaban J connectivity index is 2.02. The molecule has 0 amide bonds. The van der Waals surface area contributed by atoms with E-state index in [1.807, 2.05) is 35.9 Å². The number of nitrogens with two attached hydrogens (primary N) is 1. The van der Waals surface area contributed by atoms with Gasteiger partial charge < -0.3 is 5.73 Å². The summed E-state index contributed by atoms with van der Waals surface area (Å²) in [6.07, 6.45) is 4.70. The number of hydrogen-bond acceptors (Lipinski definition) is 5. The Kier molecular flexibility index (Phi) is 4.70. The van der Waals surface area contributed by atoms with Gasteiger partial charge in [0.25, 0.3) is 0 Å². The summed E-state index contributed by atoms with van der Waals surface area (Å²) >= 11 is 4.02. The molecule has 0 saturated carbocycles. The van der Waals surface area contributed by atoms with Gasteiger partial charge in [0.1, 0.15) is 5.82 Å². The number of hydrogen-bond donors (Lipinski definition) is 1. The van der Waals surface area contributed by atoms with Crippen LogP contribution < -0.4 is 5.73 Å². The van der Waals surface area contributed by atoms with Crippen LogP contribution in [0.2, 0.25) is 0 Å². The summed E-state index contributed by atoms with van der Waals surface area (Å²) in [5.74, 6) is 2.09. The van der Waals surface area contributed by atoms with E-state index in [0.717, 1.165) is 28.8 Å². The fourth-order valence-electron chi connectivity index (χ4n) is 1.75. The largest absolute Gasteiger partial charge is 0.330 e. The van der Waals surface area contributed by atoms with Crippen molar-refractivity contribution in [2.24, 2.45) is 5.73 Å². The Labute approximate surface area is 111 Å². The molecule has 0 radical (unpaired) electrons. The average Bonchev–Trinajstić information content (AvgIpc) is 2.34. The molecule has 3 atom stereocenters. The maximum atomic E-state index is 5.51. The molecule has 1 fully saturated rings. The van der Waals surface area contributed by atoms with Crippen LogP contribution in [0.15, 0.2) is 12.4 Å². The lowest BCUT2D eigenvalue weighted by Gasteiger charge is -2.30. The molecule has 5 heteroatoms. The molecule has 0 aliphatic carbocycles. The zero-order valence-corrected chi connectivity index (χ0v) is 11.9. The highest BCUT2D eigenvalue weighted by Crippen LogP contribution is 2.42. The van der Waals surface area contributed by atoms with Crippen molar-refractivity contribution in [1.29, 1.82) is 0 Å². The second-order valence-corrected chi connectivity index (χ2v) is 7.35. The number of aromatic nitrogens is 2. The maximum absolute atomic E-state index is 5.51. The van der Waals surface area contributed by atoms with Crippen LogP contribution in [0.3, 0.4) is 0 Å². The van der Waals surface area contributed by atoms with Crippen LogP contribution in [0.4, 0.5) is 0 Å². The van der Waals surface area contributed by atoms with Crippen LogP contribution in [-0.2, 0) is 6.42 Å². The number of thioether (sulfide) groups is 2. The van der Waals surface area contributed by atoms with Gasteiger partial charge in [-0.25, -0.2) is 9.97 Å². The molecule has 1 aromatic rings. The Hall–Kier alpha value is -0.260. The van der Waals surface area contributed by atoms with E-state index in [0.29, 0.717) is 17.0 Å². The molecule has 2 heterocycles. The number of rotatable bonds is 3. The predicted molar refractivity (Wildman–Crippen MR) is 76.5 cm³/mol. The van der Waals surface area contributed by atoms with Gasteiger partial charge in [0.05, 0.1) is 5.25 Å². The van der Waals surface area contributed by atoms with Crippen LogP contribution in [0.5, 0.6) is 0 Å². The van der Waals surface area contributed by atoms with Crippen molar-refractivity contribution in [2.75, 3.05) is 12.3 Å². The minimum absolute atomic E-state index is 0.443. The highest BCUT2D eigenvalue weighted by Gasteiger charge is 2.28. The molecule has 1 aromatic heterocycles. The van der Waals surface area contributed by atoms with Crippen molar-refractivity contribution < 1.29 is 0 Å². The van der Waals surface area contributed by atoms with Crippen LogP contribution in [0, 0.1) is 0 Å². The van der Waals surface area contributed by atoms with Crippen LogP contribution in [-0.4, -0.2) is 32.8 Å². The van der Waals surface area contributed by atoms with Gasteiger partial charge in [-0.2, -0.15) is 11.8 Å². The topological polar surface area (TPSA) is 51.8 Å². The summed E-state index contributed by atoms with van der Waals surface area (Å²) in [4.78, 5) is 8.96. The molecule has 1 aliphatic heterocycles. The second kappa shape index (κ2) is 6.07. The molecule has 94 valence electrons. The van der Waals surface area contributed by atoms with Gasteiger partial charge in [0.2, 0.25) is 0 Å². The summed E-state index contributed by atoms with van der Waals surface area (Å²) < 4.78 is 0. The van der Waals surface area contributed by atoms with Gasteiger partial charge >= 0.3 is 0 Å². The van der Waals surface area contributed by atoms with E-state index >= 15 is 0 Å². The zero-order chi connectivity index (χ0) is 12.3. The van der Waals surface area contributed by atoms with E-state index < -0.39 is 0 Å². The Morgan fingerprint density at radius 3 is 2.59 bits per heavy atom. The van der Waals surface area contributed by atoms with E-state index in [9.17, 15) is 0 Å². The zero-order valence-electron chi connectivity index (χ0n) is 10.3. The molecule has 17 heavy (non-hydrogen) atoms. The minimum Gasteiger partial charge on any atom is -0.330 e. The van der Waals surface area contributed by atoms with Gasteiger partial charge in [-0.05, 0) is 18.5 Å². The Bertz CT molecular complexity index is 355. The molecule has 0 bridgehead atoms. The standard InChI is InChI=1S/C12H19N3S2/c1-8-9(2)17-11(7-16-8)12-14-5-10(3-4-13)6-15-12/h5-6,8-9,11H,3-4,7,13H2,1-2H3. The lowest BCUT2D eigenvalue weighted by atomic mass is 10.2. The second-order valence-electron chi connectivity index (χ2n) is 4.36. The highest BCUT2D eigenvalue weighted by molar-refractivity contribution is 8.07. The van der Waals surface area contributed by atoms with E-state index in [1.54, 1.807) is 0 Å². The van der Waals surface area contributed by atoms with E-state index in [1.165, 1.54) is 0 Å². The van der Waals surface area contributed by atoms with Crippen LogP contribution >= 0.6 is 23.5 Å². The van der Waals surface area contributed by atoms with Crippen molar-refractivity contribution >= 4 is 23.5 Å². The molecule has 3 unspecified atom stereocenters. The lowest BCUT2D eigenvalue weighted by Crippen LogP contribution is -2.23. The van der Waals surface area contributed by atoms with Gasteiger partial charge in [0, 0.05) is 28.6 Å². The summed E-state index contributed by atoms with van der Waals surface area (Å²) in [7, 11) is 0. The monoisotopic (exact) mass is 269 g/mol. The lowest BCUT2D eigenvalue weighted by molar-refractivity contribution is 0.846. The van der Waals surface area contributed by atoms with Gasteiger partial charge in [-0.3, -0.25) is 0 Å². The van der Waals surface area contributed by atoms with Crippen molar-refractivity contribution in [2.45, 2.75) is 36.0 Å². The SMILES string of the molecule is CC1SCC(c2ncc(CCN)cn2)SC1C. The van der Waals surface area contributed by atoms with Crippen LogP contribution in [0.1, 0.15) is 30.5 Å². The first-order chi connectivity index (χ1) is 8.20. The molecule has 3 nitrogen and oxygen atoms in total. The number of nitrogens with zero attached hydrogens (tertiary/aromatic N) is 2. The normalized spacial score (nSPS) is 29.2. The molecule has 2 N–H and O–H groups in total. The maximum Gasteiger partial charge on any atom is 0.142 e. The Morgan fingerprint density at radius 2 is 2.00 bits per heavy atom. The fraction of sp³-hybridized carbons (Fsp3) is 0.667. The predicted octanol–water partition coefficient (Wildman–Crippen LogP) is 2.28. The van der Waals surface area contributed by atoms with Crippen molar-refractivity contribution in [1.82, 2.24) is 9.97 Å². The average molecular weight is 269 g/mol. The molecule has 0 aromatic carbocycles. The minimum atomic E-state index is 0.443. The molecule has 0 spiro atoms. The van der Waals surface area contributed by atoms with Crippen molar-refractivity contribution in [3.05, 3.63) is 23.8 Å². The van der Waals surface area contributed by atoms with E-state index in [-0.39, 0.29) is 0 Å². The third-order valence-corrected chi connectivity index (χ3v) is 6.38. The van der Waals surface area contributed by atoms with Crippen LogP contribution in [0.25, 0.3) is 0 Å². The smallest absolute Gasteiger partial charge is 0.142 e. The highest BCUT2D eigenvalue weighted by atomic mass is 32.2. The fourth-order valence-corrected chi connectivity index (χ4v) is 4.61. The molecular weight excluding hydrogens is 250 g/mol. The third kappa shape index (κ3) is 3.36. The van der Waals surface area contributed by atoms with E-state index in [2.05, 4.69) is 23.8 Å². The van der Waals surface area contributed by atoms with Gasteiger partial charge in [0.15, 0.2) is 0 Å². The summed E-state index contributed by atoms with van der Waals surface area (Å²) in [5, 5.41) is 1.84. The van der Waals surface area contributed by atoms with E-state index in [4.69, 9.17) is 5.73 Å². The Morgan fingerprint density at radius 1 is 1.29 bits per heavy atom. The van der Waals surface area contributed by atoms with Crippen molar-refractivity contribution in [3.8, 4) is 0 Å². The van der Waals surface area contributed by atoms with Crippen molar-refractivity contribution in [3.63, 3.8) is 0 Å². The molecule has 2 rings (SSSR count). The first-order valence-corrected chi connectivity index (χ1v) is 7.98. The molecule has 1 saturated heterocycles. The van der Waals surface area contributed by atoms with Gasteiger partial charge in [-0.15, -0.1) is 11.8 Å². The molecule has 1 aliphatic rings.